The van der Waals surface area contributed by atoms with Gasteiger partial charge < -0.3 is 40.4 Å². The molecule has 5 saturated heterocycles. The molecule has 1 aromatic rings. The SMILES string of the molecule is C1=CC[C@H]2COC[C@H]2C1.CC1CCCO1.CS(=O)(=O)c1ccc(Br)cc1.O=C1CC[C@H]2COC[C@H]2C1.O=C1OC(=O)[C@@H]2CC=CC[C@H]12.OC1CC[C@H]2COC[C@H]2C1.OC[C@@H]1CC=CC[C@@H]1CO.[B].[H-].[Na+]. The maximum atomic E-state index is 11.0. The van der Waals surface area contributed by atoms with Crippen LogP contribution in [0.5, 0.6) is 0 Å². The van der Waals surface area contributed by atoms with Crippen LogP contribution >= 0.6 is 15.9 Å². The second kappa shape index (κ2) is 32.6. The molecule has 10 aliphatic rings. The Morgan fingerprint density at radius 2 is 1.13 bits per heavy atom. The number of Topliss-reactive ketones (excluding diaryl/α,β-unsaturated/α-hetero) is 1. The summed E-state index contributed by atoms with van der Waals surface area (Å²) in [6.07, 6.45) is 28.3. The van der Waals surface area contributed by atoms with Crippen molar-refractivity contribution in [3.63, 3.8) is 0 Å². The normalized spacial score (nSPS) is 33.1. The molecule has 11 rings (SSSR count). The third-order valence-corrected chi connectivity index (χ3v) is 16.2. The molecule has 5 aliphatic carbocycles. The van der Waals surface area contributed by atoms with Gasteiger partial charge in [0.1, 0.15) is 5.78 Å². The number of hydrogen-bond acceptors (Lipinski definition) is 13. The number of cyclic esters (lactones) is 2. The van der Waals surface area contributed by atoms with Crippen molar-refractivity contribution in [2.24, 2.45) is 59.2 Å². The minimum atomic E-state index is -3.04. The van der Waals surface area contributed by atoms with Crippen molar-refractivity contribution >= 4 is 51.9 Å². The Morgan fingerprint density at radius 3 is 1.61 bits per heavy atom. The number of aliphatic hydroxyl groups is 3. The standard InChI is InChI=1S/C8H8O3.C8H14O2.C8H12O2.C8H14O2.C8H12O.C7H7BrO2S.C5H10O.B.Na.H/c9-7-5-3-1-2-4-6(5)8(10)11-7;2*9-8-2-1-6-4-10-5-7(6)3-8;9-5-7-3-1-2-4-8(7)6-10;1-2-4-8-6-9-5-7(8)3-1;1-11(9,10)7-4-2-6(8)3-5-7;1-5-3-2-4-6-5;;;/h1-2,5-6H,3-4H2;6-9H,1-5H2;6-7H,1-5H2;1-2,7-10H,3-6H2;1-2,7-8H,3-6H2;2-5H,1H3;5H,2-4H2,1H3;;;/q;;;;;;;;+1;-1/t5-,6+;6-,7+,8?;6-,7+;2*7-,8+;;;;;/m.00......./s1. The Hall–Kier alpha value is -1.54. The minimum absolute atomic E-state index is 0. The number of rotatable bonds is 3. The van der Waals surface area contributed by atoms with Crippen molar-refractivity contribution in [3.8, 4) is 0 Å². The first-order chi connectivity index (χ1) is 32.2. The summed E-state index contributed by atoms with van der Waals surface area (Å²) in [5.74, 6) is 4.38. The Kier molecular flexibility index (Phi) is 29.2. The number of esters is 2. The van der Waals surface area contributed by atoms with Gasteiger partial charge in [-0.25, -0.2) is 8.42 Å². The maximum absolute atomic E-state index is 11.0. The van der Waals surface area contributed by atoms with Crippen LogP contribution in [-0.2, 0) is 47.9 Å². The quantitative estimate of drug-likeness (QED) is 0.168. The largest absolute Gasteiger partial charge is 1.00 e. The third-order valence-electron chi connectivity index (χ3n) is 14.6. The van der Waals surface area contributed by atoms with Crippen LogP contribution in [-0.4, -0.2) is 128 Å². The van der Waals surface area contributed by atoms with Gasteiger partial charge in [0, 0.05) is 71.6 Å². The third kappa shape index (κ3) is 21.1. The molecule has 2 unspecified atom stereocenters. The zero-order chi connectivity index (χ0) is 48.2. The summed E-state index contributed by atoms with van der Waals surface area (Å²) in [6.45, 7) is 9.09. The number of sulfone groups is 1. The summed E-state index contributed by atoms with van der Waals surface area (Å²) < 4.78 is 48.3. The molecular weight excluding hydrogens is 978 g/mol. The van der Waals surface area contributed by atoms with Crippen molar-refractivity contribution < 1.29 is 92.8 Å². The first kappa shape index (κ1) is 61.8. The fourth-order valence-corrected chi connectivity index (χ4v) is 11.0. The van der Waals surface area contributed by atoms with E-state index in [1.54, 1.807) is 24.3 Å². The molecule has 7 fully saturated rings. The van der Waals surface area contributed by atoms with E-state index in [1.807, 2.05) is 12.2 Å². The first-order valence-corrected chi connectivity index (χ1v) is 27.4. The number of carbonyl (C=O) groups is 3. The molecule has 5 aliphatic heterocycles. The average molecular weight is 1060 g/mol. The van der Waals surface area contributed by atoms with Gasteiger partial charge in [0.05, 0.1) is 48.8 Å². The average Bonchev–Trinajstić information content (AvgIpc) is 4.21. The summed E-state index contributed by atoms with van der Waals surface area (Å²) >= 11 is 3.22. The molecule has 12 atom stereocenters. The van der Waals surface area contributed by atoms with Crippen LogP contribution < -0.4 is 29.6 Å². The fraction of sp³-hybridized carbons (Fsp3) is 0.712. The van der Waals surface area contributed by atoms with Gasteiger partial charge in [-0.2, -0.15) is 0 Å². The van der Waals surface area contributed by atoms with E-state index in [4.69, 9.17) is 29.2 Å². The van der Waals surface area contributed by atoms with Crippen molar-refractivity contribution in [2.45, 2.75) is 114 Å². The fourth-order valence-electron chi connectivity index (χ4n) is 10.1. The maximum Gasteiger partial charge on any atom is 1.00 e. The molecule has 0 amide bonds. The van der Waals surface area contributed by atoms with E-state index in [-0.39, 0.29) is 94.3 Å². The van der Waals surface area contributed by atoms with E-state index in [2.05, 4.69) is 51.9 Å². The van der Waals surface area contributed by atoms with Gasteiger partial charge in [0.2, 0.25) is 0 Å². The molecule has 1 aromatic carbocycles. The number of allylic oxidation sites excluding steroid dienone is 6. The van der Waals surface area contributed by atoms with Crippen LogP contribution in [0.4, 0.5) is 0 Å². The minimum Gasteiger partial charge on any atom is -1.00 e. The van der Waals surface area contributed by atoms with Gasteiger partial charge >= 0.3 is 41.5 Å². The Bertz CT molecular complexity index is 1830. The van der Waals surface area contributed by atoms with E-state index in [0.29, 0.717) is 47.4 Å². The van der Waals surface area contributed by atoms with E-state index >= 15 is 0 Å². The predicted molar refractivity (Wildman–Crippen MR) is 265 cm³/mol. The number of carbonyl (C=O) groups excluding carboxylic acids is 3. The molecule has 0 spiro atoms. The summed E-state index contributed by atoms with van der Waals surface area (Å²) in [4.78, 5) is 33.2. The number of aliphatic hydroxyl groups excluding tert-OH is 3. The number of fused-ring (bicyclic) bond motifs is 4. The molecule has 381 valence electrons. The number of ketones is 1. The van der Waals surface area contributed by atoms with E-state index in [0.717, 1.165) is 113 Å². The van der Waals surface area contributed by atoms with E-state index in [9.17, 15) is 27.9 Å². The summed E-state index contributed by atoms with van der Waals surface area (Å²) in [6, 6.07) is 6.55. The van der Waals surface area contributed by atoms with Gasteiger partial charge in [-0.15, -0.1) is 0 Å². The van der Waals surface area contributed by atoms with E-state index in [1.165, 1.54) is 38.4 Å². The molecule has 0 bridgehead atoms. The first-order valence-electron chi connectivity index (χ1n) is 24.7. The molecular formula is C52H78BBrNaO13S. The Balaban J connectivity index is 0.000000279. The molecule has 3 radical (unpaired) electrons. The van der Waals surface area contributed by atoms with Crippen LogP contribution in [0, 0.1) is 59.2 Å². The van der Waals surface area contributed by atoms with Gasteiger partial charge in [0.15, 0.2) is 9.84 Å². The van der Waals surface area contributed by atoms with Gasteiger partial charge in [-0.05, 0) is 156 Å². The van der Waals surface area contributed by atoms with Gasteiger partial charge in [0.25, 0.3) is 0 Å². The van der Waals surface area contributed by atoms with Crippen LogP contribution in [0.25, 0.3) is 0 Å². The van der Waals surface area contributed by atoms with E-state index < -0.39 is 9.84 Å². The molecule has 0 aromatic heterocycles. The summed E-state index contributed by atoms with van der Waals surface area (Å²) in [5.41, 5.74) is 0. The summed E-state index contributed by atoms with van der Waals surface area (Å²) in [7, 11) is -3.04. The zero-order valence-corrected chi connectivity index (χ0v) is 45.7. The van der Waals surface area contributed by atoms with Crippen molar-refractivity contribution in [1.29, 1.82) is 0 Å². The molecule has 2 saturated carbocycles. The predicted octanol–water partition coefficient (Wildman–Crippen LogP) is 4.37. The topological polar surface area (TPSA) is 192 Å². The molecule has 69 heavy (non-hydrogen) atoms. The number of hydrogen-bond donors (Lipinski definition) is 3. The van der Waals surface area contributed by atoms with Crippen molar-refractivity contribution in [1.82, 2.24) is 0 Å². The smallest absolute Gasteiger partial charge is 1.00 e. The summed E-state index contributed by atoms with van der Waals surface area (Å²) in [5, 5.41) is 27.0. The molecule has 5 heterocycles. The van der Waals surface area contributed by atoms with Crippen molar-refractivity contribution in [3.05, 3.63) is 65.2 Å². The van der Waals surface area contributed by atoms with Crippen LogP contribution in [0.1, 0.15) is 98.2 Å². The zero-order valence-electron chi connectivity index (χ0n) is 42.3. The Labute approximate surface area is 445 Å². The second-order valence-electron chi connectivity index (χ2n) is 19.6. The van der Waals surface area contributed by atoms with Crippen molar-refractivity contribution in [2.75, 3.05) is 65.7 Å². The second-order valence-corrected chi connectivity index (χ2v) is 22.6. The van der Waals surface area contributed by atoms with Gasteiger partial charge in [-0.1, -0.05) is 52.4 Å². The van der Waals surface area contributed by atoms with Gasteiger partial charge in [-0.3, -0.25) is 14.4 Å². The Morgan fingerprint density at radius 1 is 0.652 bits per heavy atom. The monoisotopic (exact) mass is 1060 g/mol. The van der Waals surface area contributed by atoms with Crippen LogP contribution in [0.15, 0.2) is 70.1 Å². The molecule has 13 nitrogen and oxygen atoms in total. The van der Waals surface area contributed by atoms with Crippen LogP contribution in [0.2, 0.25) is 0 Å². The molecule has 17 heteroatoms. The number of benzene rings is 1. The number of halogens is 1. The number of ether oxygens (including phenoxy) is 5. The molecule has 3 N–H and O–H groups in total. The van der Waals surface area contributed by atoms with Crippen LogP contribution in [0.3, 0.4) is 0 Å².